The van der Waals surface area contributed by atoms with Crippen molar-refractivity contribution >= 4 is 31.6 Å². The van der Waals surface area contributed by atoms with Crippen molar-refractivity contribution in [3.05, 3.63) is 58.1 Å². The number of anilines is 1. The molecule has 118 valence electrons. The van der Waals surface area contributed by atoms with Crippen LogP contribution in [0.3, 0.4) is 0 Å². The van der Waals surface area contributed by atoms with E-state index in [1.54, 1.807) is 12.1 Å². The first-order valence-electron chi connectivity index (χ1n) is 6.06. The molecular formula is C14H11BrF3NO2S. The van der Waals surface area contributed by atoms with Crippen molar-refractivity contribution in [1.82, 2.24) is 0 Å². The summed E-state index contributed by atoms with van der Waals surface area (Å²) in [5.41, 5.74) is 0.0703. The number of hydrogen-bond donors (Lipinski definition) is 1. The van der Waals surface area contributed by atoms with Gasteiger partial charge in [-0.1, -0.05) is 17.7 Å². The summed E-state index contributed by atoms with van der Waals surface area (Å²) in [6, 6.07) is 8.83. The molecule has 0 aliphatic rings. The molecule has 0 heterocycles. The third-order valence-electron chi connectivity index (χ3n) is 2.87. The van der Waals surface area contributed by atoms with E-state index in [2.05, 4.69) is 20.7 Å². The van der Waals surface area contributed by atoms with Crippen LogP contribution in [0.4, 0.5) is 18.9 Å². The van der Waals surface area contributed by atoms with Crippen LogP contribution in [0.1, 0.15) is 11.1 Å². The van der Waals surface area contributed by atoms with Gasteiger partial charge >= 0.3 is 6.18 Å². The number of benzene rings is 2. The second-order valence-electron chi connectivity index (χ2n) is 4.61. The maximum atomic E-state index is 12.6. The molecule has 0 saturated carbocycles. The molecule has 0 fully saturated rings. The fraction of sp³-hybridized carbons (Fsp3) is 0.143. The highest BCUT2D eigenvalue weighted by molar-refractivity contribution is 9.10. The molecule has 2 rings (SSSR count). The first kappa shape index (κ1) is 16.8. The molecule has 0 amide bonds. The molecule has 2 aromatic carbocycles. The van der Waals surface area contributed by atoms with Crippen molar-refractivity contribution in [3.63, 3.8) is 0 Å². The SMILES string of the molecule is Cc1ccc(S(=O)(=O)Nc2ccc(C(F)(F)F)cc2Br)cc1. The van der Waals surface area contributed by atoms with E-state index >= 15 is 0 Å². The summed E-state index contributed by atoms with van der Waals surface area (Å²) in [5.74, 6) is 0. The number of sulfonamides is 1. The summed E-state index contributed by atoms with van der Waals surface area (Å²) in [4.78, 5) is 0.0323. The van der Waals surface area contributed by atoms with E-state index in [1.807, 2.05) is 6.92 Å². The van der Waals surface area contributed by atoms with Crippen LogP contribution in [-0.4, -0.2) is 8.42 Å². The molecule has 8 heteroatoms. The van der Waals surface area contributed by atoms with Crippen molar-refractivity contribution in [2.75, 3.05) is 4.72 Å². The minimum Gasteiger partial charge on any atom is -0.278 e. The Bertz CT molecular complexity index is 787. The Labute approximate surface area is 134 Å². The van der Waals surface area contributed by atoms with Crippen LogP contribution in [-0.2, 0) is 16.2 Å². The average molecular weight is 394 g/mol. The molecule has 0 unspecified atom stereocenters. The molecule has 0 aliphatic carbocycles. The summed E-state index contributed by atoms with van der Waals surface area (Å²) in [6.07, 6.45) is -4.49. The number of nitrogens with one attached hydrogen (secondary N) is 1. The van der Waals surface area contributed by atoms with Crippen molar-refractivity contribution in [2.24, 2.45) is 0 Å². The smallest absolute Gasteiger partial charge is 0.278 e. The minimum absolute atomic E-state index is 0.0120. The Morgan fingerprint density at radius 2 is 1.64 bits per heavy atom. The number of halogens is 4. The molecule has 22 heavy (non-hydrogen) atoms. The van der Waals surface area contributed by atoms with Crippen LogP contribution in [0, 0.1) is 6.92 Å². The fourth-order valence-corrected chi connectivity index (χ4v) is 3.38. The van der Waals surface area contributed by atoms with Crippen molar-refractivity contribution in [3.8, 4) is 0 Å². The third kappa shape index (κ3) is 3.80. The molecule has 0 radical (unpaired) electrons. The monoisotopic (exact) mass is 393 g/mol. The molecule has 0 bridgehead atoms. The van der Waals surface area contributed by atoms with Crippen LogP contribution < -0.4 is 4.72 Å². The lowest BCUT2D eigenvalue weighted by atomic mass is 10.2. The highest BCUT2D eigenvalue weighted by Crippen LogP contribution is 2.34. The van der Waals surface area contributed by atoms with Gasteiger partial charge in [0, 0.05) is 4.47 Å². The van der Waals surface area contributed by atoms with Gasteiger partial charge in [-0.25, -0.2) is 8.42 Å². The highest BCUT2D eigenvalue weighted by atomic mass is 79.9. The lowest BCUT2D eigenvalue weighted by Crippen LogP contribution is -2.14. The maximum absolute atomic E-state index is 12.6. The van der Waals surface area contributed by atoms with E-state index in [-0.39, 0.29) is 15.1 Å². The van der Waals surface area contributed by atoms with E-state index < -0.39 is 21.8 Å². The van der Waals surface area contributed by atoms with Gasteiger partial charge in [0.15, 0.2) is 0 Å². The van der Waals surface area contributed by atoms with Crippen molar-refractivity contribution in [1.29, 1.82) is 0 Å². The topological polar surface area (TPSA) is 46.2 Å². The summed E-state index contributed by atoms with van der Waals surface area (Å²) in [7, 11) is -3.86. The normalized spacial score (nSPS) is 12.2. The first-order chi connectivity index (χ1) is 10.1. The summed E-state index contributed by atoms with van der Waals surface area (Å²) >= 11 is 2.95. The quantitative estimate of drug-likeness (QED) is 0.829. The molecule has 1 N–H and O–H groups in total. The zero-order valence-corrected chi connectivity index (χ0v) is 13.7. The zero-order chi connectivity index (χ0) is 16.5. The van der Waals surface area contributed by atoms with Gasteiger partial charge in [0.05, 0.1) is 16.1 Å². The van der Waals surface area contributed by atoms with Gasteiger partial charge in [0.1, 0.15) is 0 Å². The highest BCUT2D eigenvalue weighted by Gasteiger charge is 2.31. The number of alkyl halides is 3. The lowest BCUT2D eigenvalue weighted by Gasteiger charge is -2.12. The van der Waals surface area contributed by atoms with E-state index in [9.17, 15) is 21.6 Å². The zero-order valence-electron chi connectivity index (χ0n) is 11.3. The van der Waals surface area contributed by atoms with Crippen LogP contribution >= 0.6 is 15.9 Å². The Balaban J connectivity index is 2.32. The van der Waals surface area contributed by atoms with Crippen LogP contribution in [0.2, 0.25) is 0 Å². The fourth-order valence-electron chi connectivity index (χ4n) is 1.70. The van der Waals surface area contributed by atoms with Crippen LogP contribution in [0.15, 0.2) is 51.8 Å². The third-order valence-corrected chi connectivity index (χ3v) is 4.91. The molecule has 3 nitrogen and oxygen atoms in total. The van der Waals surface area contributed by atoms with Crippen molar-refractivity contribution < 1.29 is 21.6 Å². The molecule has 0 atom stereocenters. The maximum Gasteiger partial charge on any atom is 0.416 e. The average Bonchev–Trinajstić information content (AvgIpc) is 2.40. The summed E-state index contributed by atoms with van der Waals surface area (Å²) < 4.78 is 64.4. The summed E-state index contributed by atoms with van der Waals surface area (Å²) in [5, 5.41) is 0. The van der Waals surface area contributed by atoms with Gasteiger partial charge in [0.25, 0.3) is 10.0 Å². The Morgan fingerprint density at radius 1 is 1.05 bits per heavy atom. The van der Waals surface area contributed by atoms with Gasteiger partial charge < -0.3 is 0 Å². The Hall–Kier alpha value is -1.54. The van der Waals surface area contributed by atoms with Crippen LogP contribution in [0.25, 0.3) is 0 Å². The predicted octanol–water partition coefficient (Wildman–Crippen LogP) is 4.58. The van der Waals surface area contributed by atoms with E-state index in [4.69, 9.17) is 0 Å². The van der Waals surface area contributed by atoms with Gasteiger partial charge in [-0.15, -0.1) is 0 Å². The van der Waals surface area contributed by atoms with E-state index in [1.165, 1.54) is 12.1 Å². The molecule has 0 saturated heterocycles. The number of hydrogen-bond acceptors (Lipinski definition) is 2. The van der Waals surface area contributed by atoms with Gasteiger partial charge in [-0.2, -0.15) is 13.2 Å². The van der Waals surface area contributed by atoms with Crippen LogP contribution in [0.5, 0.6) is 0 Å². The van der Waals surface area contributed by atoms with E-state index in [0.29, 0.717) is 0 Å². The van der Waals surface area contributed by atoms with Crippen molar-refractivity contribution in [2.45, 2.75) is 18.0 Å². The Morgan fingerprint density at radius 3 is 2.14 bits per heavy atom. The standard InChI is InChI=1S/C14H11BrF3NO2S/c1-9-2-5-11(6-3-9)22(20,21)19-13-7-4-10(8-12(13)15)14(16,17)18/h2-8,19H,1H3. The first-order valence-corrected chi connectivity index (χ1v) is 8.33. The van der Waals surface area contributed by atoms with Gasteiger partial charge in [-0.3, -0.25) is 4.72 Å². The van der Waals surface area contributed by atoms with E-state index in [0.717, 1.165) is 23.8 Å². The summed E-state index contributed by atoms with van der Waals surface area (Å²) in [6.45, 7) is 1.82. The second kappa shape index (κ2) is 5.92. The Kier molecular flexibility index (Phi) is 4.53. The number of rotatable bonds is 3. The van der Waals surface area contributed by atoms with Gasteiger partial charge in [0.2, 0.25) is 0 Å². The molecule has 0 aliphatic heterocycles. The predicted molar refractivity (Wildman–Crippen MR) is 81.1 cm³/mol. The molecular weight excluding hydrogens is 383 g/mol. The van der Waals surface area contributed by atoms with Gasteiger partial charge in [-0.05, 0) is 53.2 Å². The molecule has 0 spiro atoms. The second-order valence-corrected chi connectivity index (χ2v) is 7.15. The molecule has 0 aromatic heterocycles. The minimum atomic E-state index is -4.49. The number of aryl methyl sites for hydroxylation is 1. The molecule has 2 aromatic rings. The lowest BCUT2D eigenvalue weighted by molar-refractivity contribution is -0.137. The largest absolute Gasteiger partial charge is 0.416 e.